The van der Waals surface area contributed by atoms with E-state index in [-0.39, 0.29) is 43.9 Å². The minimum atomic E-state index is -1.19. The number of pyridine rings is 1. The fraction of sp³-hybridized carbons (Fsp3) is 0.120. The number of rotatable bonds is 8. The number of nitrogens with zero attached hydrogens (tertiary/aromatic N) is 2. The molecule has 1 N–H and O–H groups in total. The van der Waals surface area contributed by atoms with Crippen molar-refractivity contribution in [2.24, 2.45) is 0 Å². The lowest BCUT2D eigenvalue weighted by Gasteiger charge is -2.15. The predicted octanol–water partition coefficient (Wildman–Crippen LogP) is 4.55. The van der Waals surface area contributed by atoms with E-state index in [4.69, 9.17) is 27.9 Å². The lowest BCUT2D eigenvalue weighted by molar-refractivity contribution is -0.121. The first kappa shape index (κ1) is 26.3. The van der Waals surface area contributed by atoms with E-state index in [1.807, 2.05) is 0 Å². The molecule has 1 fully saturated rings. The molecule has 1 aliphatic heterocycles. The summed E-state index contributed by atoms with van der Waals surface area (Å²) in [5.74, 6) is -3.44. The van der Waals surface area contributed by atoms with E-state index in [1.165, 1.54) is 60.8 Å². The molecular weight excluding hydrogens is 543 g/mol. The summed E-state index contributed by atoms with van der Waals surface area (Å²) in [6, 6.07) is 12.7. The second-order valence-electron chi connectivity index (χ2n) is 7.71. The molecule has 0 saturated carbocycles. The Bertz CT molecular complexity index is 1430. The van der Waals surface area contributed by atoms with Gasteiger partial charge in [0.05, 0.1) is 32.1 Å². The third-order valence-corrected chi connectivity index (χ3v) is 7.24. The summed E-state index contributed by atoms with van der Waals surface area (Å²) in [6.45, 7) is -0.521. The number of esters is 1. The molecule has 0 radical (unpaired) electrons. The number of hydrogen-bond donors (Lipinski definition) is 1. The molecule has 4 rings (SSSR count). The fourth-order valence-corrected chi connectivity index (χ4v) is 4.87. The van der Waals surface area contributed by atoms with Crippen LogP contribution in [0.4, 0.5) is 5.69 Å². The third-order valence-electron chi connectivity index (χ3n) is 5.30. The van der Waals surface area contributed by atoms with Crippen molar-refractivity contribution >= 4 is 70.2 Å². The molecule has 0 aliphatic carbocycles. The standard InChI is InChI=1S/C25H16Cl2N2O7S/c26-17-8-5-14(10-18(17)27)19(30)12-36-25(35)13-3-6-15(7-4-13)29-21(31)11-20(23(29)32)37-22-16(24(33)34)2-1-9-28-22/h1-10,20H,11-12H2,(H,33,34). The molecule has 188 valence electrons. The first-order valence-electron chi connectivity index (χ1n) is 10.6. The molecule has 2 heterocycles. The summed E-state index contributed by atoms with van der Waals surface area (Å²) in [6.07, 6.45) is 1.27. The minimum Gasteiger partial charge on any atom is -0.478 e. The molecule has 1 atom stereocenters. The number of carboxylic acids is 1. The Morgan fingerprint density at radius 2 is 1.73 bits per heavy atom. The third kappa shape index (κ3) is 5.82. The van der Waals surface area contributed by atoms with Gasteiger partial charge in [-0.25, -0.2) is 19.5 Å². The zero-order chi connectivity index (χ0) is 26.7. The molecule has 1 aromatic heterocycles. The maximum atomic E-state index is 12.9. The van der Waals surface area contributed by atoms with Crippen molar-refractivity contribution in [2.45, 2.75) is 16.7 Å². The molecule has 2 aromatic carbocycles. The Morgan fingerprint density at radius 3 is 2.41 bits per heavy atom. The number of amides is 2. The van der Waals surface area contributed by atoms with E-state index in [1.54, 1.807) is 0 Å². The SMILES string of the molecule is O=C(COC(=O)c1ccc(N2C(=O)CC(Sc3ncccc3C(=O)O)C2=O)cc1)c1ccc(Cl)c(Cl)c1. The van der Waals surface area contributed by atoms with Crippen LogP contribution in [0.15, 0.2) is 65.8 Å². The highest BCUT2D eigenvalue weighted by molar-refractivity contribution is 8.00. The number of carboxylic acid groups (broad SMARTS) is 1. The summed E-state index contributed by atoms with van der Waals surface area (Å²) in [7, 11) is 0. The smallest absolute Gasteiger partial charge is 0.338 e. The Labute approximate surface area is 224 Å². The van der Waals surface area contributed by atoms with Crippen LogP contribution in [0.3, 0.4) is 0 Å². The largest absolute Gasteiger partial charge is 0.478 e. The first-order valence-corrected chi connectivity index (χ1v) is 12.3. The molecule has 0 bridgehead atoms. The van der Waals surface area contributed by atoms with Gasteiger partial charge in [0.15, 0.2) is 12.4 Å². The normalized spacial score (nSPS) is 15.1. The van der Waals surface area contributed by atoms with Crippen LogP contribution in [-0.4, -0.2) is 51.5 Å². The van der Waals surface area contributed by atoms with Gasteiger partial charge >= 0.3 is 11.9 Å². The number of aromatic carboxylic acids is 1. The predicted molar refractivity (Wildman–Crippen MR) is 135 cm³/mol. The van der Waals surface area contributed by atoms with Crippen molar-refractivity contribution in [3.8, 4) is 0 Å². The molecule has 3 aromatic rings. The minimum absolute atomic E-state index is 0.0632. The van der Waals surface area contributed by atoms with Crippen molar-refractivity contribution in [2.75, 3.05) is 11.5 Å². The van der Waals surface area contributed by atoms with Crippen LogP contribution in [-0.2, 0) is 14.3 Å². The van der Waals surface area contributed by atoms with Crippen molar-refractivity contribution in [1.82, 2.24) is 4.98 Å². The van der Waals surface area contributed by atoms with E-state index < -0.39 is 41.4 Å². The lowest BCUT2D eigenvalue weighted by atomic mass is 10.1. The number of ether oxygens (including phenoxy) is 1. The van der Waals surface area contributed by atoms with Crippen molar-refractivity contribution < 1.29 is 33.8 Å². The number of hydrogen-bond acceptors (Lipinski definition) is 8. The first-order chi connectivity index (χ1) is 17.7. The van der Waals surface area contributed by atoms with Gasteiger partial charge in [0.2, 0.25) is 11.8 Å². The number of anilines is 1. The fourth-order valence-electron chi connectivity index (χ4n) is 3.46. The van der Waals surface area contributed by atoms with Gasteiger partial charge in [-0.15, -0.1) is 0 Å². The number of ketones is 1. The highest BCUT2D eigenvalue weighted by Gasteiger charge is 2.41. The number of aromatic nitrogens is 1. The summed E-state index contributed by atoms with van der Waals surface area (Å²) < 4.78 is 5.07. The molecule has 12 heteroatoms. The Kier molecular flexibility index (Phi) is 7.91. The molecule has 9 nitrogen and oxygen atoms in total. The average Bonchev–Trinajstić information content (AvgIpc) is 3.16. The van der Waals surface area contributed by atoms with Crippen molar-refractivity contribution in [1.29, 1.82) is 0 Å². The number of halogens is 2. The van der Waals surface area contributed by atoms with Gasteiger partial charge < -0.3 is 9.84 Å². The highest BCUT2D eigenvalue weighted by atomic mass is 35.5. The number of benzene rings is 2. The number of Topliss-reactive ketones (excluding diaryl/α,β-unsaturated/α-hetero) is 1. The van der Waals surface area contributed by atoms with E-state index in [2.05, 4.69) is 4.98 Å². The summed E-state index contributed by atoms with van der Waals surface area (Å²) in [5.41, 5.74) is 0.514. The Hall–Kier alpha value is -3.73. The lowest BCUT2D eigenvalue weighted by Crippen LogP contribution is -2.31. The maximum Gasteiger partial charge on any atom is 0.338 e. The molecule has 0 spiro atoms. The Balaban J connectivity index is 1.40. The number of carbonyl (C=O) groups excluding carboxylic acids is 4. The summed E-state index contributed by atoms with van der Waals surface area (Å²) in [5, 5.41) is 9.10. The van der Waals surface area contributed by atoms with Gasteiger partial charge in [-0.2, -0.15) is 0 Å². The summed E-state index contributed by atoms with van der Waals surface area (Å²) >= 11 is 12.6. The molecule has 1 aliphatic rings. The highest BCUT2D eigenvalue weighted by Crippen LogP contribution is 2.34. The molecule has 1 unspecified atom stereocenters. The van der Waals surface area contributed by atoms with Crippen LogP contribution in [0, 0.1) is 0 Å². The summed E-state index contributed by atoms with van der Waals surface area (Å²) in [4.78, 5) is 66.6. The van der Waals surface area contributed by atoms with Gasteiger partial charge in [0.1, 0.15) is 5.03 Å². The molecule has 1 saturated heterocycles. The Morgan fingerprint density at radius 1 is 1.03 bits per heavy atom. The van der Waals surface area contributed by atoms with Gasteiger partial charge in [-0.05, 0) is 54.6 Å². The van der Waals surface area contributed by atoms with Gasteiger partial charge in [-0.3, -0.25) is 14.4 Å². The van der Waals surface area contributed by atoms with Crippen molar-refractivity contribution in [3.63, 3.8) is 0 Å². The van der Waals surface area contributed by atoms with Gasteiger partial charge in [0, 0.05) is 18.2 Å². The van der Waals surface area contributed by atoms with Crippen LogP contribution < -0.4 is 4.90 Å². The zero-order valence-electron chi connectivity index (χ0n) is 18.7. The van der Waals surface area contributed by atoms with Crippen molar-refractivity contribution in [3.05, 3.63) is 87.5 Å². The monoisotopic (exact) mass is 558 g/mol. The van der Waals surface area contributed by atoms with Crippen LogP contribution >= 0.6 is 35.0 Å². The molecule has 2 amide bonds. The topological polar surface area (TPSA) is 131 Å². The van der Waals surface area contributed by atoms with E-state index in [0.717, 1.165) is 16.7 Å². The number of thioether (sulfide) groups is 1. The van der Waals surface area contributed by atoms with E-state index in [0.29, 0.717) is 0 Å². The number of imide groups is 1. The molecular formula is C25H16Cl2N2O7S. The van der Waals surface area contributed by atoms with Crippen LogP contribution in [0.2, 0.25) is 10.0 Å². The average molecular weight is 559 g/mol. The quantitative estimate of drug-likeness (QED) is 0.240. The zero-order valence-corrected chi connectivity index (χ0v) is 21.0. The molecule has 37 heavy (non-hydrogen) atoms. The van der Waals surface area contributed by atoms with Gasteiger partial charge in [-0.1, -0.05) is 35.0 Å². The van der Waals surface area contributed by atoms with Crippen LogP contribution in [0.1, 0.15) is 37.5 Å². The number of carbonyl (C=O) groups is 5. The second-order valence-corrected chi connectivity index (χ2v) is 9.72. The van der Waals surface area contributed by atoms with E-state index in [9.17, 15) is 29.1 Å². The maximum absolute atomic E-state index is 12.9. The van der Waals surface area contributed by atoms with E-state index >= 15 is 0 Å². The van der Waals surface area contributed by atoms with Crippen LogP contribution in [0.5, 0.6) is 0 Å². The van der Waals surface area contributed by atoms with Crippen LogP contribution in [0.25, 0.3) is 0 Å². The van der Waals surface area contributed by atoms with Gasteiger partial charge in [0.25, 0.3) is 0 Å². The second kappa shape index (κ2) is 11.1.